The van der Waals surface area contributed by atoms with E-state index in [1.54, 1.807) is 30.3 Å². The Balaban J connectivity index is 2.48. The lowest BCUT2D eigenvalue weighted by molar-refractivity contribution is -0.120. The van der Waals surface area contributed by atoms with Crippen molar-refractivity contribution >= 4 is 21.6 Å². The SMILES string of the molecule is Cc1ccc(S(=O)(=O)N(CC(=O)NC(C)C(C)C)c2cc(C)ccc2C)cc1. The van der Waals surface area contributed by atoms with Crippen molar-refractivity contribution in [1.82, 2.24) is 5.32 Å². The number of benzene rings is 2. The van der Waals surface area contributed by atoms with Crippen LogP contribution in [0.1, 0.15) is 37.5 Å². The maximum absolute atomic E-state index is 13.4. The molecule has 28 heavy (non-hydrogen) atoms. The van der Waals surface area contributed by atoms with E-state index in [0.717, 1.165) is 16.7 Å². The molecule has 0 spiro atoms. The molecule has 0 aliphatic carbocycles. The van der Waals surface area contributed by atoms with Crippen LogP contribution in [0.15, 0.2) is 47.4 Å². The minimum Gasteiger partial charge on any atom is -0.352 e. The zero-order valence-corrected chi connectivity index (χ0v) is 18.3. The molecule has 2 aromatic rings. The quantitative estimate of drug-likeness (QED) is 0.762. The van der Waals surface area contributed by atoms with Crippen LogP contribution in [-0.4, -0.2) is 26.9 Å². The van der Waals surface area contributed by atoms with Crippen LogP contribution in [0, 0.1) is 26.7 Å². The Morgan fingerprint density at radius 1 is 0.964 bits per heavy atom. The number of anilines is 1. The first kappa shape index (κ1) is 22.0. The Kier molecular flexibility index (Phi) is 6.88. The molecule has 0 radical (unpaired) electrons. The van der Waals surface area contributed by atoms with Gasteiger partial charge in [0.1, 0.15) is 6.54 Å². The third kappa shape index (κ3) is 5.13. The van der Waals surface area contributed by atoms with E-state index >= 15 is 0 Å². The van der Waals surface area contributed by atoms with Gasteiger partial charge >= 0.3 is 0 Å². The van der Waals surface area contributed by atoms with Crippen LogP contribution in [0.3, 0.4) is 0 Å². The maximum atomic E-state index is 13.4. The van der Waals surface area contributed by atoms with Gasteiger partial charge in [-0.05, 0) is 62.9 Å². The fourth-order valence-corrected chi connectivity index (χ4v) is 4.20. The van der Waals surface area contributed by atoms with Crippen molar-refractivity contribution in [1.29, 1.82) is 0 Å². The largest absolute Gasteiger partial charge is 0.352 e. The molecule has 0 heterocycles. The van der Waals surface area contributed by atoms with Gasteiger partial charge in [-0.1, -0.05) is 43.7 Å². The molecule has 1 unspecified atom stereocenters. The van der Waals surface area contributed by atoms with Crippen molar-refractivity contribution in [3.05, 3.63) is 59.2 Å². The lowest BCUT2D eigenvalue weighted by atomic mass is 10.1. The number of nitrogens with one attached hydrogen (secondary N) is 1. The number of carbonyl (C=O) groups is 1. The summed E-state index contributed by atoms with van der Waals surface area (Å²) in [6, 6.07) is 12.2. The molecule has 0 saturated heterocycles. The van der Waals surface area contributed by atoms with E-state index in [0.29, 0.717) is 5.69 Å². The number of hydrogen-bond donors (Lipinski definition) is 1. The number of amides is 1. The molecule has 2 aromatic carbocycles. The van der Waals surface area contributed by atoms with Gasteiger partial charge in [0.25, 0.3) is 10.0 Å². The molecule has 0 aliphatic heterocycles. The van der Waals surface area contributed by atoms with Crippen molar-refractivity contribution in [3.63, 3.8) is 0 Å². The number of hydrogen-bond acceptors (Lipinski definition) is 3. The summed E-state index contributed by atoms with van der Waals surface area (Å²) in [6.45, 7) is 11.3. The zero-order valence-electron chi connectivity index (χ0n) is 17.5. The molecule has 2 rings (SSSR count). The van der Waals surface area contributed by atoms with Crippen LogP contribution in [-0.2, 0) is 14.8 Å². The van der Waals surface area contributed by atoms with Gasteiger partial charge in [0, 0.05) is 6.04 Å². The molecule has 1 amide bonds. The van der Waals surface area contributed by atoms with E-state index in [-0.39, 0.29) is 29.3 Å². The number of aryl methyl sites for hydroxylation is 3. The van der Waals surface area contributed by atoms with E-state index in [9.17, 15) is 13.2 Å². The van der Waals surface area contributed by atoms with Crippen LogP contribution < -0.4 is 9.62 Å². The number of nitrogens with zero attached hydrogens (tertiary/aromatic N) is 1. The normalized spacial score (nSPS) is 12.7. The Labute approximate surface area is 168 Å². The van der Waals surface area contributed by atoms with E-state index in [2.05, 4.69) is 5.32 Å². The highest BCUT2D eigenvalue weighted by atomic mass is 32.2. The van der Waals surface area contributed by atoms with Crippen LogP contribution in [0.25, 0.3) is 0 Å². The molecule has 0 bridgehead atoms. The predicted molar refractivity (Wildman–Crippen MR) is 114 cm³/mol. The van der Waals surface area contributed by atoms with Crippen molar-refractivity contribution in [2.24, 2.45) is 5.92 Å². The zero-order chi connectivity index (χ0) is 21.1. The van der Waals surface area contributed by atoms with Crippen molar-refractivity contribution in [3.8, 4) is 0 Å². The Morgan fingerprint density at radius 3 is 2.11 bits per heavy atom. The lowest BCUT2D eigenvalue weighted by Crippen LogP contribution is -2.45. The van der Waals surface area contributed by atoms with E-state index < -0.39 is 10.0 Å². The van der Waals surface area contributed by atoms with Gasteiger partial charge in [0.05, 0.1) is 10.6 Å². The van der Waals surface area contributed by atoms with Gasteiger partial charge < -0.3 is 5.32 Å². The third-order valence-corrected chi connectivity index (χ3v) is 6.69. The summed E-state index contributed by atoms with van der Waals surface area (Å²) in [5.41, 5.74) is 3.22. The van der Waals surface area contributed by atoms with Gasteiger partial charge in [-0.2, -0.15) is 0 Å². The fourth-order valence-electron chi connectivity index (χ4n) is 2.72. The average Bonchev–Trinajstić information content (AvgIpc) is 2.62. The lowest BCUT2D eigenvalue weighted by Gasteiger charge is -2.27. The second kappa shape index (κ2) is 8.78. The third-order valence-electron chi connectivity index (χ3n) is 4.92. The summed E-state index contributed by atoms with van der Waals surface area (Å²) in [5, 5.41) is 2.90. The smallest absolute Gasteiger partial charge is 0.264 e. The molecule has 0 fully saturated rings. The summed E-state index contributed by atoms with van der Waals surface area (Å²) >= 11 is 0. The maximum Gasteiger partial charge on any atom is 0.264 e. The van der Waals surface area contributed by atoms with E-state index in [1.165, 1.54) is 4.31 Å². The Hall–Kier alpha value is -2.34. The summed E-state index contributed by atoms with van der Waals surface area (Å²) < 4.78 is 28.0. The fraction of sp³-hybridized carbons (Fsp3) is 0.409. The number of carbonyl (C=O) groups excluding carboxylic acids is 1. The van der Waals surface area contributed by atoms with Gasteiger partial charge in [0.15, 0.2) is 0 Å². The molecular formula is C22H30N2O3S. The minimum absolute atomic E-state index is 0.0463. The first-order chi connectivity index (χ1) is 13.0. The minimum atomic E-state index is -3.89. The van der Waals surface area contributed by atoms with E-state index in [4.69, 9.17) is 0 Å². The highest BCUT2D eigenvalue weighted by molar-refractivity contribution is 7.92. The Morgan fingerprint density at radius 2 is 1.54 bits per heavy atom. The second-order valence-electron chi connectivity index (χ2n) is 7.71. The predicted octanol–water partition coefficient (Wildman–Crippen LogP) is 3.97. The van der Waals surface area contributed by atoms with Gasteiger partial charge in [0.2, 0.25) is 5.91 Å². The van der Waals surface area contributed by atoms with Crippen molar-refractivity contribution in [2.75, 3.05) is 10.8 Å². The summed E-state index contributed by atoms with van der Waals surface area (Å²) in [5.74, 6) is -0.0652. The first-order valence-electron chi connectivity index (χ1n) is 9.48. The molecule has 1 N–H and O–H groups in total. The molecule has 0 aliphatic rings. The van der Waals surface area contributed by atoms with Crippen molar-refractivity contribution < 1.29 is 13.2 Å². The standard InChI is InChI=1S/C22H30N2O3S/c1-15(2)19(6)23-22(25)14-24(21-13-17(4)7-10-18(21)5)28(26,27)20-11-8-16(3)9-12-20/h7-13,15,19H,14H2,1-6H3,(H,23,25). The molecular weight excluding hydrogens is 372 g/mol. The molecule has 6 heteroatoms. The second-order valence-corrected chi connectivity index (χ2v) is 9.58. The van der Waals surface area contributed by atoms with Crippen molar-refractivity contribution in [2.45, 2.75) is 52.5 Å². The number of rotatable bonds is 7. The van der Waals surface area contributed by atoms with Crippen LogP contribution in [0.4, 0.5) is 5.69 Å². The summed E-state index contributed by atoms with van der Waals surface area (Å²) in [4.78, 5) is 12.8. The van der Waals surface area contributed by atoms with Crippen LogP contribution >= 0.6 is 0 Å². The molecule has 0 saturated carbocycles. The average molecular weight is 403 g/mol. The molecule has 0 aromatic heterocycles. The molecule has 5 nitrogen and oxygen atoms in total. The van der Waals surface area contributed by atoms with Gasteiger partial charge in [-0.15, -0.1) is 0 Å². The van der Waals surface area contributed by atoms with Gasteiger partial charge in [-0.3, -0.25) is 9.10 Å². The Bertz CT molecular complexity index is 935. The van der Waals surface area contributed by atoms with Gasteiger partial charge in [-0.25, -0.2) is 8.42 Å². The topological polar surface area (TPSA) is 66.5 Å². The number of sulfonamides is 1. The first-order valence-corrected chi connectivity index (χ1v) is 10.9. The monoisotopic (exact) mass is 402 g/mol. The summed E-state index contributed by atoms with van der Waals surface area (Å²) in [7, 11) is -3.89. The van der Waals surface area contributed by atoms with Crippen LogP contribution in [0.5, 0.6) is 0 Å². The molecule has 1 atom stereocenters. The van der Waals surface area contributed by atoms with E-state index in [1.807, 2.05) is 53.7 Å². The highest BCUT2D eigenvalue weighted by Crippen LogP contribution is 2.28. The molecule has 152 valence electrons. The summed E-state index contributed by atoms with van der Waals surface area (Å²) in [6.07, 6.45) is 0. The highest BCUT2D eigenvalue weighted by Gasteiger charge is 2.29. The van der Waals surface area contributed by atoms with Crippen LogP contribution in [0.2, 0.25) is 0 Å².